The number of nitrogens with one attached hydrogen (secondary N) is 1. The van der Waals surface area contributed by atoms with Crippen LogP contribution in [0.1, 0.15) is 17.4 Å². The second-order valence-electron chi connectivity index (χ2n) is 3.97. The average molecular weight is 275 g/mol. The van der Waals surface area contributed by atoms with Gasteiger partial charge in [-0.3, -0.25) is 4.79 Å². The van der Waals surface area contributed by atoms with Crippen molar-refractivity contribution in [3.63, 3.8) is 0 Å². The molecule has 20 heavy (non-hydrogen) atoms. The Bertz CT molecular complexity index is 585. The van der Waals surface area contributed by atoms with E-state index in [2.05, 4.69) is 15.6 Å². The molecule has 0 saturated heterocycles. The average Bonchev–Trinajstić information content (AvgIpc) is 2.50. The minimum Gasteiger partial charge on any atom is -0.307 e. The van der Waals surface area contributed by atoms with Gasteiger partial charge in [0.15, 0.2) is 11.5 Å². The molecule has 0 spiro atoms. The first-order chi connectivity index (χ1) is 9.65. The maximum absolute atomic E-state index is 12.9. The molecule has 104 valence electrons. The Labute approximate surface area is 115 Å². The minimum atomic E-state index is -0.351. The molecule has 0 aliphatic heterocycles. The third kappa shape index (κ3) is 2.89. The number of nitrogens with zero attached hydrogens (tertiary/aromatic N) is 3. The molecule has 1 aromatic carbocycles. The molecule has 0 radical (unpaired) electrons. The summed E-state index contributed by atoms with van der Waals surface area (Å²) < 4.78 is 12.9. The highest BCUT2D eigenvalue weighted by Crippen LogP contribution is 2.17. The standard InChI is InChI=1S/C13H14FN5O/c1-2-19(10-5-3-9(14)4-6-10)13(20)11-7-8-12(16-15)18-17-11/h3-8H,2,15H2,1H3,(H,16,18). The molecule has 7 heteroatoms. The first-order valence-electron chi connectivity index (χ1n) is 6.03. The van der Waals surface area contributed by atoms with E-state index in [4.69, 9.17) is 5.84 Å². The number of nitrogen functional groups attached to an aromatic ring is 1. The van der Waals surface area contributed by atoms with E-state index in [1.54, 1.807) is 18.2 Å². The van der Waals surface area contributed by atoms with Crippen LogP contribution >= 0.6 is 0 Å². The number of hydrogen-bond acceptors (Lipinski definition) is 5. The van der Waals surface area contributed by atoms with Crippen LogP contribution < -0.4 is 16.2 Å². The first kappa shape index (κ1) is 13.9. The molecule has 0 aliphatic rings. The molecular weight excluding hydrogens is 261 g/mol. The molecule has 2 rings (SSSR count). The van der Waals surface area contributed by atoms with Crippen molar-refractivity contribution in [3.05, 3.63) is 47.9 Å². The van der Waals surface area contributed by atoms with Gasteiger partial charge < -0.3 is 10.3 Å². The number of rotatable bonds is 4. The van der Waals surface area contributed by atoms with Crippen molar-refractivity contribution in [2.45, 2.75) is 6.92 Å². The summed E-state index contributed by atoms with van der Waals surface area (Å²) in [6.45, 7) is 2.26. The number of amides is 1. The SMILES string of the molecule is CCN(C(=O)c1ccc(NN)nn1)c1ccc(F)cc1. The molecule has 1 aromatic heterocycles. The van der Waals surface area contributed by atoms with Gasteiger partial charge in [0.2, 0.25) is 0 Å². The smallest absolute Gasteiger partial charge is 0.278 e. The molecule has 0 bridgehead atoms. The molecule has 0 atom stereocenters. The van der Waals surface area contributed by atoms with E-state index in [1.165, 1.54) is 23.1 Å². The van der Waals surface area contributed by atoms with E-state index in [0.717, 1.165) is 0 Å². The zero-order valence-corrected chi connectivity index (χ0v) is 10.9. The molecule has 6 nitrogen and oxygen atoms in total. The lowest BCUT2D eigenvalue weighted by Crippen LogP contribution is -2.31. The fraction of sp³-hybridized carbons (Fsp3) is 0.154. The van der Waals surface area contributed by atoms with Gasteiger partial charge in [0.25, 0.3) is 5.91 Å². The molecule has 0 saturated carbocycles. The van der Waals surface area contributed by atoms with Crippen molar-refractivity contribution in [1.29, 1.82) is 0 Å². The lowest BCUT2D eigenvalue weighted by molar-refractivity contribution is 0.0982. The normalized spacial score (nSPS) is 10.2. The monoisotopic (exact) mass is 275 g/mol. The van der Waals surface area contributed by atoms with E-state index >= 15 is 0 Å². The maximum Gasteiger partial charge on any atom is 0.278 e. The van der Waals surface area contributed by atoms with E-state index in [1.807, 2.05) is 6.92 Å². The van der Waals surface area contributed by atoms with Crippen LogP contribution in [0.15, 0.2) is 36.4 Å². The fourth-order valence-electron chi connectivity index (χ4n) is 1.73. The zero-order valence-electron chi connectivity index (χ0n) is 10.9. The van der Waals surface area contributed by atoms with Crippen molar-refractivity contribution in [2.24, 2.45) is 5.84 Å². The Balaban J connectivity index is 2.26. The number of anilines is 2. The number of carbonyl (C=O) groups is 1. The topological polar surface area (TPSA) is 84.1 Å². The third-order valence-corrected chi connectivity index (χ3v) is 2.73. The van der Waals surface area contributed by atoms with Crippen molar-refractivity contribution < 1.29 is 9.18 Å². The Morgan fingerprint density at radius 1 is 1.25 bits per heavy atom. The fourth-order valence-corrected chi connectivity index (χ4v) is 1.73. The predicted octanol–water partition coefficient (Wildman–Crippen LogP) is 1.57. The number of carbonyl (C=O) groups excluding carboxylic acids is 1. The van der Waals surface area contributed by atoms with Crippen LogP contribution in [-0.2, 0) is 0 Å². The molecule has 1 heterocycles. The summed E-state index contributed by atoms with van der Waals surface area (Å²) in [5, 5.41) is 7.55. The summed E-state index contributed by atoms with van der Waals surface area (Å²) in [7, 11) is 0. The van der Waals surface area contributed by atoms with Crippen molar-refractivity contribution >= 4 is 17.4 Å². The van der Waals surface area contributed by atoms with Gasteiger partial charge in [-0.25, -0.2) is 10.2 Å². The third-order valence-electron chi connectivity index (χ3n) is 2.73. The van der Waals surface area contributed by atoms with Gasteiger partial charge in [0, 0.05) is 12.2 Å². The summed E-state index contributed by atoms with van der Waals surface area (Å²) >= 11 is 0. The molecule has 0 fully saturated rings. The molecule has 2 aromatic rings. The van der Waals surface area contributed by atoms with Crippen molar-refractivity contribution in [2.75, 3.05) is 16.9 Å². The van der Waals surface area contributed by atoms with Crippen LogP contribution in [0.3, 0.4) is 0 Å². The van der Waals surface area contributed by atoms with E-state index in [0.29, 0.717) is 18.1 Å². The van der Waals surface area contributed by atoms with Gasteiger partial charge in [0.1, 0.15) is 5.82 Å². The Morgan fingerprint density at radius 2 is 1.95 bits per heavy atom. The minimum absolute atomic E-state index is 0.190. The molecule has 0 unspecified atom stereocenters. The maximum atomic E-state index is 12.9. The highest BCUT2D eigenvalue weighted by Gasteiger charge is 2.17. The lowest BCUT2D eigenvalue weighted by atomic mass is 10.2. The van der Waals surface area contributed by atoms with Crippen LogP contribution in [0.25, 0.3) is 0 Å². The van der Waals surface area contributed by atoms with Gasteiger partial charge in [-0.05, 0) is 43.3 Å². The number of nitrogens with two attached hydrogens (primary N) is 1. The van der Waals surface area contributed by atoms with E-state index < -0.39 is 0 Å². The van der Waals surface area contributed by atoms with Crippen LogP contribution in [0.5, 0.6) is 0 Å². The summed E-state index contributed by atoms with van der Waals surface area (Å²) in [6, 6.07) is 8.77. The number of halogens is 1. The quantitative estimate of drug-likeness (QED) is 0.653. The van der Waals surface area contributed by atoms with Gasteiger partial charge >= 0.3 is 0 Å². The van der Waals surface area contributed by atoms with Gasteiger partial charge in [0.05, 0.1) is 0 Å². The largest absolute Gasteiger partial charge is 0.307 e. The van der Waals surface area contributed by atoms with Crippen LogP contribution in [0.2, 0.25) is 0 Å². The van der Waals surface area contributed by atoms with Gasteiger partial charge in [-0.2, -0.15) is 0 Å². The zero-order chi connectivity index (χ0) is 14.5. The molecule has 1 amide bonds. The molecule has 3 N–H and O–H groups in total. The second kappa shape index (κ2) is 6.07. The number of hydrazine groups is 1. The van der Waals surface area contributed by atoms with E-state index in [-0.39, 0.29) is 17.4 Å². The van der Waals surface area contributed by atoms with Crippen molar-refractivity contribution in [3.8, 4) is 0 Å². The van der Waals surface area contributed by atoms with Crippen molar-refractivity contribution in [1.82, 2.24) is 10.2 Å². The summed E-state index contributed by atoms with van der Waals surface area (Å²) in [5.41, 5.74) is 3.12. The first-order valence-corrected chi connectivity index (χ1v) is 6.03. The molecular formula is C13H14FN5O. The molecule has 0 aliphatic carbocycles. The summed E-state index contributed by atoms with van der Waals surface area (Å²) in [5.74, 6) is 4.89. The number of hydrogen-bond donors (Lipinski definition) is 2. The Kier molecular flexibility index (Phi) is 4.21. The van der Waals surface area contributed by atoms with Gasteiger partial charge in [-0.15, -0.1) is 10.2 Å². The highest BCUT2D eigenvalue weighted by atomic mass is 19.1. The number of benzene rings is 1. The van der Waals surface area contributed by atoms with Crippen LogP contribution in [0, 0.1) is 5.82 Å². The highest BCUT2D eigenvalue weighted by molar-refractivity contribution is 6.04. The van der Waals surface area contributed by atoms with Gasteiger partial charge in [-0.1, -0.05) is 0 Å². The lowest BCUT2D eigenvalue weighted by Gasteiger charge is -2.20. The Hall–Kier alpha value is -2.54. The summed E-state index contributed by atoms with van der Waals surface area (Å²) in [6.07, 6.45) is 0. The van der Waals surface area contributed by atoms with Crippen LogP contribution in [-0.4, -0.2) is 22.6 Å². The summed E-state index contributed by atoms with van der Waals surface area (Å²) in [4.78, 5) is 13.8. The number of aromatic nitrogens is 2. The predicted molar refractivity (Wildman–Crippen MR) is 73.6 cm³/mol. The Morgan fingerprint density at radius 3 is 2.45 bits per heavy atom. The second-order valence-corrected chi connectivity index (χ2v) is 3.97. The van der Waals surface area contributed by atoms with Crippen LogP contribution in [0.4, 0.5) is 15.9 Å². The van der Waals surface area contributed by atoms with E-state index in [9.17, 15) is 9.18 Å².